The third-order valence-corrected chi connectivity index (χ3v) is 4.05. The second-order valence-corrected chi connectivity index (χ2v) is 5.45. The van der Waals surface area contributed by atoms with Gasteiger partial charge < -0.3 is 14.6 Å². The third kappa shape index (κ3) is 2.17. The lowest BCUT2D eigenvalue weighted by molar-refractivity contribution is 0.0774. The van der Waals surface area contributed by atoms with E-state index >= 15 is 0 Å². The van der Waals surface area contributed by atoms with Gasteiger partial charge >= 0.3 is 0 Å². The molecule has 0 spiro atoms. The van der Waals surface area contributed by atoms with Crippen LogP contribution in [0, 0.1) is 5.92 Å². The maximum Gasteiger partial charge on any atom is 0.270 e. The fourth-order valence-corrected chi connectivity index (χ4v) is 2.84. The van der Waals surface area contributed by atoms with Crippen LogP contribution in [-0.2, 0) is 0 Å². The first-order chi connectivity index (χ1) is 8.79. The molecule has 1 atom stereocenters. The van der Waals surface area contributed by atoms with Gasteiger partial charge in [0, 0.05) is 31.9 Å². The van der Waals surface area contributed by atoms with E-state index in [0.29, 0.717) is 12.0 Å². The van der Waals surface area contributed by atoms with E-state index in [-0.39, 0.29) is 12.5 Å². The van der Waals surface area contributed by atoms with Crippen molar-refractivity contribution in [2.24, 2.45) is 5.92 Å². The molecule has 0 bridgehead atoms. The molecule has 1 saturated heterocycles. The van der Waals surface area contributed by atoms with Crippen LogP contribution in [-0.4, -0.2) is 40.2 Å². The number of aromatic nitrogens is 1. The zero-order valence-corrected chi connectivity index (χ0v) is 10.6. The Morgan fingerprint density at radius 2 is 2.22 bits per heavy atom. The van der Waals surface area contributed by atoms with Crippen molar-refractivity contribution in [3.05, 3.63) is 24.0 Å². The molecule has 2 aliphatic rings. The van der Waals surface area contributed by atoms with Gasteiger partial charge in [0.05, 0.1) is 0 Å². The highest BCUT2D eigenvalue weighted by Crippen LogP contribution is 2.36. The number of rotatable bonds is 4. The number of carbonyl (C=O) groups is 1. The van der Waals surface area contributed by atoms with Gasteiger partial charge in [-0.2, -0.15) is 0 Å². The molecule has 4 nitrogen and oxygen atoms in total. The van der Waals surface area contributed by atoms with Gasteiger partial charge in [-0.15, -0.1) is 0 Å². The number of likely N-dealkylation sites (tertiary alicyclic amines) is 1. The van der Waals surface area contributed by atoms with Crippen molar-refractivity contribution in [1.82, 2.24) is 9.47 Å². The molecule has 98 valence electrons. The fraction of sp³-hybridized carbons (Fsp3) is 0.643. The van der Waals surface area contributed by atoms with Crippen molar-refractivity contribution in [3.63, 3.8) is 0 Å². The highest BCUT2D eigenvalue weighted by atomic mass is 16.3. The highest BCUT2D eigenvalue weighted by molar-refractivity contribution is 5.93. The molecule has 1 N–H and O–H groups in total. The Bertz CT molecular complexity index is 437. The van der Waals surface area contributed by atoms with E-state index in [1.165, 1.54) is 12.8 Å². The number of amides is 1. The number of aliphatic hydroxyl groups excluding tert-OH is 1. The minimum absolute atomic E-state index is 0.160. The van der Waals surface area contributed by atoms with Crippen LogP contribution in [0.1, 0.15) is 42.2 Å². The van der Waals surface area contributed by atoms with Crippen LogP contribution in [0.15, 0.2) is 18.3 Å². The Balaban J connectivity index is 1.69. The van der Waals surface area contributed by atoms with Gasteiger partial charge in [-0.25, -0.2) is 0 Å². The van der Waals surface area contributed by atoms with E-state index in [4.69, 9.17) is 5.11 Å². The first-order valence-electron chi connectivity index (χ1n) is 6.86. The average molecular weight is 248 g/mol. The van der Waals surface area contributed by atoms with Crippen LogP contribution in [0.3, 0.4) is 0 Å². The molecule has 1 amide bonds. The Hall–Kier alpha value is -1.29. The van der Waals surface area contributed by atoms with Crippen molar-refractivity contribution in [1.29, 1.82) is 0 Å². The first-order valence-corrected chi connectivity index (χ1v) is 6.86. The monoisotopic (exact) mass is 248 g/mol. The van der Waals surface area contributed by atoms with Crippen LogP contribution < -0.4 is 0 Å². The smallest absolute Gasteiger partial charge is 0.270 e. The van der Waals surface area contributed by atoms with Crippen LogP contribution in [0.25, 0.3) is 0 Å². The van der Waals surface area contributed by atoms with Gasteiger partial charge in [-0.05, 0) is 43.7 Å². The topological polar surface area (TPSA) is 45.5 Å². The van der Waals surface area contributed by atoms with Gasteiger partial charge in [0.2, 0.25) is 0 Å². The molecule has 1 aliphatic heterocycles. The Labute approximate surface area is 107 Å². The molecule has 2 fully saturated rings. The summed E-state index contributed by atoms with van der Waals surface area (Å²) in [5, 5.41) is 8.95. The number of hydrogen-bond acceptors (Lipinski definition) is 2. The average Bonchev–Trinajstić information content (AvgIpc) is 2.93. The second kappa shape index (κ2) is 4.76. The van der Waals surface area contributed by atoms with E-state index in [1.54, 1.807) is 0 Å². The van der Waals surface area contributed by atoms with Crippen molar-refractivity contribution in [2.45, 2.75) is 31.7 Å². The number of aliphatic hydroxyl groups is 1. The maximum atomic E-state index is 12.5. The quantitative estimate of drug-likeness (QED) is 0.881. The number of nitrogens with zero attached hydrogens (tertiary/aromatic N) is 2. The fourth-order valence-electron chi connectivity index (χ4n) is 2.84. The lowest BCUT2D eigenvalue weighted by atomic mass is 10.1. The summed E-state index contributed by atoms with van der Waals surface area (Å²) in [6.07, 6.45) is 6.25. The van der Waals surface area contributed by atoms with Crippen LogP contribution in [0.2, 0.25) is 0 Å². The molecule has 3 rings (SSSR count). The van der Waals surface area contributed by atoms with E-state index in [1.807, 2.05) is 23.2 Å². The van der Waals surface area contributed by atoms with E-state index in [0.717, 1.165) is 31.6 Å². The summed E-state index contributed by atoms with van der Waals surface area (Å²) in [6, 6.07) is 4.45. The SMILES string of the molecule is O=C(c1cccn1C1CC1)N1CCC(CCO)C1. The minimum atomic E-state index is 0.160. The predicted molar refractivity (Wildman–Crippen MR) is 68.4 cm³/mol. The number of hydrogen-bond donors (Lipinski definition) is 1. The van der Waals surface area contributed by atoms with Gasteiger partial charge in [0.15, 0.2) is 0 Å². The maximum absolute atomic E-state index is 12.5. The molecular weight excluding hydrogens is 228 g/mol. The summed E-state index contributed by atoms with van der Waals surface area (Å²) in [5.74, 6) is 0.635. The summed E-state index contributed by atoms with van der Waals surface area (Å²) in [5.41, 5.74) is 0.835. The summed E-state index contributed by atoms with van der Waals surface area (Å²) in [4.78, 5) is 14.4. The Morgan fingerprint density at radius 3 is 2.94 bits per heavy atom. The highest BCUT2D eigenvalue weighted by Gasteiger charge is 2.31. The Morgan fingerprint density at radius 1 is 1.39 bits per heavy atom. The van der Waals surface area contributed by atoms with Gasteiger partial charge in [-0.3, -0.25) is 4.79 Å². The first kappa shape index (κ1) is 11.8. The van der Waals surface area contributed by atoms with E-state index in [9.17, 15) is 4.79 Å². The molecule has 1 unspecified atom stereocenters. The molecular formula is C14H20N2O2. The van der Waals surface area contributed by atoms with Crippen LogP contribution in [0.4, 0.5) is 0 Å². The van der Waals surface area contributed by atoms with Gasteiger partial charge in [0.1, 0.15) is 5.69 Å². The predicted octanol–water partition coefficient (Wildman–Crippen LogP) is 1.67. The summed E-state index contributed by atoms with van der Waals surface area (Å²) in [7, 11) is 0. The summed E-state index contributed by atoms with van der Waals surface area (Å²) < 4.78 is 2.13. The van der Waals surface area contributed by atoms with Gasteiger partial charge in [0.25, 0.3) is 5.91 Å². The van der Waals surface area contributed by atoms with Crippen molar-refractivity contribution in [3.8, 4) is 0 Å². The molecule has 0 radical (unpaired) electrons. The van der Waals surface area contributed by atoms with Crippen molar-refractivity contribution >= 4 is 5.91 Å². The normalized spacial score (nSPS) is 23.6. The second-order valence-electron chi connectivity index (χ2n) is 5.45. The standard InChI is InChI=1S/C14H20N2O2/c17-9-6-11-5-8-15(10-11)14(18)13-2-1-7-16(13)12-3-4-12/h1-2,7,11-12,17H,3-6,8-10H2. The van der Waals surface area contributed by atoms with Gasteiger partial charge in [-0.1, -0.05) is 0 Å². The van der Waals surface area contributed by atoms with Crippen molar-refractivity contribution < 1.29 is 9.90 Å². The van der Waals surface area contributed by atoms with Crippen LogP contribution in [0.5, 0.6) is 0 Å². The number of carbonyl (C=O) groups excluding carboxylic acids is 1. The Kier molecular flexibility index (Phi) is 3.12. The minimum Gasteiger partial charge on any atom is -0.396 e. The lowest BCUT2D eigenvalue weighted by Crippen LogP contribution is -2.30. The molecule has 4 heteroatoms. The third-order valence-electron chi connectivity index (χ3n) is 4.05. The zero-order chi connectivity index (χ0) is 12.5. The molecule has 18 heavy (non-hydrogen) atoms. The van der Waals surface area contributed by atoms with E-state index < -0.39 is 0 Å². The summed E-state index contributed by atoms with van der Waals surface area (Å²) in [6.45, 7) is 1.86. The molecule has 1 aromatic heterocycles. The molecule has 0 aromatic carbocycles. The molecule has 1 aliphatic carbocycles. The van der Waals surface area contributed by atoms with Crippen molar-refractivity contribution in [2.75, 3.05) is 19.7 Å². The largest absolute Gasteiger partial charge is 0.396 e. The zero-order valence-electron chi connectivity index (χ0n) is 10.6. The van der Waals surface area contributed by atoms with Crippen LogP contribution >= 0.6 is 0 Å². The summed E-state index contributed by atoms with van der Waals surface area (Å²) >= 11 is 0. The lowest BCUT2D eigenvalue weighted by Gasteiger charge is -2.17. The molecule has 1 aromatic rings. The van der Waals surface area contributed by atoms with E-state index in [2.05, 4.69) is 4.57 Å². The molecule has 2 heterocycles. The molecule has 1 saturated carbocycles.